The summed E-state index contributed by atoms with van der Waals surface area (Å²) in [5.74, 6) is 0.595. The van der Waals surface area contributed by atoms with Crippen LogP contribution in [0, 0.1) is 6.92 Å². The van der Waals surface area contributed by atoms with Crippen molar-refractivity contribution >= 4 is 32.5 Å². The van der Waals surface area contributed by atoms with Gasteiger partial charge in [-0.25, -0.2) is 13.1 Å². The molecule has 0 saturated carbocycles. The largest absolute Gasteiger partial charge is 0.492 e. The Morgan fingerprint density at radius 1 is 1.21 bits per heavy atom. The van der Waals surface area contributed by atoms with Crippen molar-refractivity contribution in [2.75, 3.05) is 13.2 Å². The molecule has 1 heterocycles. The van der Waals surface area contributed by atoms with Crippen LogP contribution in [0.4, 0.5) is 0 Å². The summed E-state index contributed by atoms with van der Waals surface area (Å²) in [6.45, 7) is 8.55. The Balaban J connectivity index is 1.83. The summed E-state index contributed by atoms with van der Waals surface area (Å²) < 4.78 is 34.3. The average molecular weight is 435 g/mol. The smallest absolute Gasteiger partial charge is 0.244 e. The predicted octanol–water partition coefficient (Wildman–Crippen LogP) is 5.17. The first-order valence-electron chi connectivity index (χ1n) is 9.76. The van der Waals surface area contributed by atoms with Crippen LogP contribution in [0.1, 0.15) is 43.5 Å². The highest BCUT2D eigenvalue weighted by molar-refractivity contribution is 7.89. The Bertz CT molecular complexity index is 1120. The topological polar surface area (TPSA) is 71.2 Å². The van der Waals surface area contributed by atoms with Gasteiger partial charge in [0.1, 0.15) is 10.6 Å². The number of hydrogen-bond donors (Lipinski definition) is 2. The van der Waals surface area contributed by atoms with E-state index >= 15 is 0 Å². The number of aromatic nitrogens is 1. The number of aryl methyl sites for hydroxylation is 1. The van der Waals surface area contributed by atoms with Gasteiger partial charge in [0.2, 0.25) is 10.0 Å². The Morgan fingerprint density at radius 2 is 1.97 bits per heavy atom. The molecule has 3 aromatic rings. The molecule has 0 saturated heterocycles. The van der Waals surface area contributed by atoms with Gasteiger partial charge in [-0.2, -0.15) is 0 Å². The molecule has 7 heteroatoms. The molecule has 29 heavy (non-hydrogen) atoms. The lowest BCUT2D eigenvalue weighted by molar-refractivity contribution is 0.330. The summed E-state index contributed by atoms with van der Waals surface area (Å²) in [4.78, 5) is 3.48. The number of rotatable bonds is 8. The lowest BCUT2D eigenvalue weighted by Crippen LogP contribution is -2.26. The maximum absolute atomic E-state index is 13.0. The summed E-state index contributed by atoms with van der Waals surface area (Å²) in [5.41, 5.74) is 3.89. The second-order valence-electron chi connectivity index (χ2n) is 7.33. The molecular formula is C22H27ClN2O3S. The molecule has 0 atom stereocenters. The Morgan fingerprint density at radius 3 is 2.66 bits per heavy atom. The second kappa shape index (κ2) is 8.78. The molecule has 0 bridgehead atoms. The highest BCUT2D eigenvalue weighted by atomic mass is 35.5. The van der Waals surface area contributed by atoms with E-state index in [1.165, 1.54) is 0 Å². The first-order chi connectivity index (χ1) is 13.7. The van der Waals surface area contributed by atoms with Crippen LogP contribution in [-0.4, -0.2) is 26.6 Å². The van der Waals surface area contributed by atoms with Crippen LogP contribution in [0.15, 0.2) is 41.3 Å². The number of aromatic amines is 1. The molecule has 0 fully saturated rings. The minimum absolute atomic E-state index is 0.184. The van der Waals surface area contributed by atoms with E-state index in [0.29, 0.717) is 23.8 Å². The minimum atomic E-state index is -3.71. The molecule has 2 aromatic carbocycles. The first-order valence-corrected chi connectivity index (χ1v) is 11.6. The van der Waals surface area contributed by atoms with E-state index < -0.39 is 10.0 Å². The van der Waals surface area contributed by atoms with Gasteiger partial charge in [0.05, 0.1) is 17.1 Å². The van der Waals surface area contributed by atoms with E-state index in [0.717, 1.165) is 27.7 Å². The fourth-order valence-corrected chi connectivity index (χ4v) is 4.88. The van der Waals surface area contributed by atoms with Crippen molar-refractivity contribution in [3.63, 3.8) is 0 Å². The van der Waals surface area contributed by atoms with Gasteiger partial charge in [-0.1, -0.05) is 43.6 Å². The molecule has 3 rings (SSSR count). The molecule has 0 aliphatic heterocycles. The fourth-order valence-electron chi connectivity index (χ4n) is 3.45. The Hall–Kier alpha value is -2.02. The SMILES string of the molecule is CCOc1ccc(C(C)C)cc1S(=O)(=O)NCCc1c(C)[nH]c2c(Cl)cccc12. The van der Waals surface area contributed by atoms with E-state index in [-0.39, 0.29) is 17.4 Å². The first kappa shape index (κ1) is 21.7. The summed E-state index contributed by atoms with van der Waals surface area (Å²) in [6.07, 6.45) is 0.555. The maximum atomic E-state index is 13.0. The maximum Gasteiger partial charge on any atom is 0.244 e. The lowest BCUT2D eigenvalue weighted by Gasteiger charge is -2.15. The number of para-hydroxylation sites is 1. The van der Waals surface area contributed by atoms with Gasteiger partial charge in [0, 0.05) is 17.6 Å². The average Bonchev–Trinajstić information content (AvgIpc) is 2.99. The van der Waals surface area contributed by atoms with Crippen LogP contribution < -0.4 is 9.46 Å². The summed E-state index contributed by atoms with van der Waals surface area (Å²) in [7, 11) is -3.71. The van der Waals surface area contributed by atoms with Crippen molar-refractivity contribution in [2.45, 2.75) is 44.9 Å². The highest BCUT2D eigenvalue weighted by Gasteiger charge is 2.21. The second-order valence-corrected chi connectivity index (χ2v) is 9.48. The highest BCUT2D eigenvalue weighted by Crippen LogP contribution is 2.30. The normalized spacial score (nSPS) is 12.1. The number of ether oxygens (including phenoxy) is 1. The zero-order chi connectivity index (χ0) is 21.2. The molecular weight excluding hydrogens is 408 g/mol. The summed E-state index contributed by atoms with van der Waals surface area (Å²) >= 11 is 6.26. The Labute approximate surface area is 177 Å². The van der Waals surface area contributed by atoms with Crippen molar-refractivity contribution in [1.29, 1.82) is 0 Å². The van der Waals surface area contributed by atoms with Crippen LogP contribution in [-0.2, 0) is 16.4 Å². The molecule has 0 spiro atoms. The Kier molecular flexibility index (Phi) is 6.56. The number of benzene rings is 2. The van der Waals surface area contributed by atoms with Crippen molar-refractivity contribution < 1.29 is 13.2 Å². The zero-order valence-electron chi connectivity index (χ0n) is 17.2. The van der Waals surface area contributed by atoms with Crippen molar-refractivity contribution in [1.82, 2.24) is 9.71 Å². The van der Waals surface area contributed by atoms with Crippen LogP contribution in [0.5, 0.6) is 5.75 Å². The van der Waals surface area contributed by atoms with E-state index in [2.05, 4.69) is 9.71 Å². The van der Waals surface area contributed by atoms with Gasteiger partial charge in [-0.15, -0.1) is 0 Å². The third-order valence-electron chi connectivity index (χ3n) is 4.99. The minimum Gasteiger partial charge on any atom is -0.492 e. The van der Waals surface area contributed by atoms with Crippen LogP contribution in [0.25, 0.3) is 10.9 Å². The number of nitrogens with one attached hydrogen (secondary N) is 2. The van der Waals surface area contributed by atoms with Crippen LogP contribution in [0.3, 0.4) is 0 Å². The zero-order valence-corrected chi connectivity index (χ0v) is 18.7. The molecule has 156 valence electrons. The monoisotopic (exact) mass is 434 g/mol. The lowest BCUT2D eigenvalue weighted by atomic mass is 10.0. The standard InChI is InChI=1S/C22H27ClN2O3S/c1-5-28-20-10-9-16(14(2)3)13-21(20)29(26,27)24-12-11-17-15(4)25-22-18(17)7-6-8-19(22)23/h6-10,13-14,24-25H,5,11-12H2,1-4H3. The number of fused-ring (bicyclic) bond motifs is 1. The fraction of sp³-hybridized carbons (Fsp3) is 0.364. The third-order valence-corrected chi connectivity index (χ3v) is 6.79. The van der Waals surface area contributed by atoms with Gasteiger partial charge in [0.25, 0.3) is 0 Å². The molecule has 0 amide bonds. The molecule has 5 nitrogen and oxygen atoms in total. The predicted molar refractivity (Wildman–Crippen MR) is 119 cm³/mol. The van der Waals surface area contributed by atoms with E-state index in [1.807, 2.05) is 52.0 Å². The van der Waals surface area contributed by atoms with Crippen LogP contribution in [0.2, 0.25) is 5.02 Å². The number of H-pyrrole nitrogens is 1. The molecule has 2 N–H and O–H groups in total. The molecule has 0 radical (unpaired) electrons. The van der Waals surface area contributed by atoms with Gasteiger partial charge in [-0.05, 0) is 55.5 Å². The van der Waals surface area contributed by atoms with Crippen molar-refractivity contribution in [2.24, 2.45) is 0 Å². The van der Waals surface area contributed by atoms with Crippen molar-refractivity contribution in [3.8, 4) is 5.75 Å². The molecule has 0 aliphatic carbocycles. The molecule has 1 aromatic heterocycles. The van der Waals surface area contributed by atoms with Gasteiger partial charge in [-0.3, -0.25) is 0 Å². The van der Waals surface area contributed by atoms with E-state index in [1.54, 1.807) is 12.1 Å². The number of hydrogen-bond acceptors (Lipinski definition) is 3. The van der Waals surface area contributed by atoms with Gasteiger partial charge >= 0.3 is 0 Å². The number of halogens is 1. The van der Waals surface area contributed by atoms with Crippen molar-refractivity contribution in [3.05, 3.63) is 58.2 Å². The van der Waals surface area contributed by atoms with E-state index in [4.69, 9.17) is 16.3 Å². The summed E-state index contributed by atoms with van der Waals surface area (Å²) in [6, 6.07) is 11.1. The molecule has 0 aliphatic rings. The molecule has 0 unspecified atom stereocenters. The quantitative estimate of drug-likeness (QED) is 0.513. The van der Waals surface area contributed by atoms with Crippen LogP contribution >= 0.6 is 11.6 Å². The number of sulfonamides is 1. The van der Waals surface area contributed by atoms with E-state index in [9.17, 15) is 8.42 Å². The summed E-state index contributed by atoms with van der Waals surface area (Å²) in [5, 5.41) is 1.68. The van der Waals surface area contributed by atoms with Gasteiger partial charge < -0.3 is 9.72 Å². The van der Waals surface area contributed by atoms with Gasteiger partial charge in [0.15, 0.2) is 0 Å². The third kappa shape index (κ3) is 4.60.